The molecule has 6 nitrogen and oxygen atoms in total. The molecule has 2 rings (SSSR count). The maximum absolute atomic E-state index is 12.6. The summed E-state index contributed by atoms with van der Waals surface area (Å²) in [7, 11) is -1.99. The molecule has 0 aromatic carbocycles. The lowest BCUT2D eigenvalue weighted by atomic mass is 10.1. The average molecular weight is 363 g/mol. The van der Waals surface area contributed by atoms with Gasteiger partial charge >= 0.3 is 0 Å². The SMILES string of the molecule is CN(CC1CCCC1)S(=O)(=O)c1cc(Br)cnc1NN. The summed E-state index contributed by atoms with van der Waals surface area (Å²) >= 11 is 3.24. The van der Waals surface area contributed by atoms with Crippen LogP contribution in [0.3, 0.4) is 0 Å². The lowest BCUT2D eigenvalue weighted by Gasteiger charge is -2.21. The molecule has 20 heavy (non-hydrogen) atoms. The number of halogens is 1. The van der Waals surface area contributed by atoms with E-state index in [1.54, 1.807) is 7.05 Å². The number of aromatic nitrogens is 1. The van der Waals surface area contributed by atoms with E-state index in [9.17, 15) is 8.42 Å². The lowest BCUT2D eigenvalue weighted by molar-refractivity contribution is 0.387. The Morgan fingerprint density at radius 3 is 2.75 bits per heavy atom. The minimum absolute atomic E-state index is 0.0925. The van der Waals surface area contributed by atoms with Crippen LogP contribution in [0.1, 0.15) is 25.7 Å². The fraction of sp³-hybridized carbons (Fsp3) is 0.583. The zero-order valence-electron chi connectivity index (χ0n) is 11.3. The minimum atomic E-state index is -3.59. The van der Waals surface area contributed by atoms with Gasteiger partial charge in [-0.15, -0.1) is 0 Å². The average Bonchev–Trinajstić information content (AvgIpc) is 2.91. The predicted octanol–water partition coefficient (Wildman–Crippen LogP) is 1.94. The van der Waals surface area contributed by atoms with Crippen LogP contribution in [0.2, 0.25) is 0 Å². The Bertz CT molecular complexity index is 573. The summed E-state index contributed by atoms with van der Waals surface area (Å²) in [6, 6.07) is 1.52. The number of rotatable bonds is 5. The Morgan fingerprint density at radius 1 is 1.50 bits per heavy atom. The Morgan fingerprint density at radius 2 is 2.15 bits per heavy atom. The molecule has 0 radical (unpaired) electrons. The molecule has 0 atom stereocenters. The van der Waals surface area contributed by atoms with Crippen LogP contribution in [0, 0.1) is 5.92 Å². The largest absolute Gasteiger partial charge is 0.307 e. The lowest BCUT2D eigenvalue weighted by Crippen LogP contribution is -2.32. The molecule has 0 amide bonds. The van der Waals surface area contributed by atoms with Crippen molar-refractivity contribution in [2.24, 2.45) is 11.8 Å². The molecule has 0 unspecified atom stereocenters. The highest BCUT2D eigenvalue weighted by molar-refractivity contribution is 9.10. The van der Waals surface area contributed by atoms with Crippen LogP contribution < -0.4 is 11.3 Å². The number of nitrogens with zero attached hydrogens (tertiary/aromatic N) is 2. The number of hydrazine groups is 1. The molecule has 0 bridgehead atoms. The maximum Gasteiger partial charge on any atom is 0.246 e. The first-order chi connectivity index (χ1) is 9.45. The number of nitrogens with two attached hydrogens (primary N) is 1. The third-order valence-electron chi connectivity index (χ3n) is 3.63. The van der Waals surface area contributed by atoms with Crippen LogP contribution in [0.25, 0.3) is 0 Å². The predicted molar refractivity (Wildman–Crippen MR) is 81.5 cm³/mol. The molecule has 1 heterocycles. The molecular formula is C12H19BrN4O2S. The van der Waals surface area contributed by atoms with Crippen LogP contribution >= 0.6 is 15.9 Å². The monoisotopic (exact) mass is 362 g/mol. The summed E-state index contributed by atoms with van der Waals surface area (Å²) in [5.74, 6) is 5.96. The number of hydrogen-bond donors (Lipinski definition) is 2. The summed E-state index contributed by atoms with van der Waals surface area (Å²) in [5, 5.41) is 0. The van der Waals surface area contributed by atoms with Crippen molar-refractivity contribution < 1.29 is 8.42 Å². The normalized spacial score (nSPS) is 16.8. The molecular weight excluding hydrogens is 344 g/mol. The van der Waals surface area contributed by atoms with Crippen LogP contribution in [0.4, 0.5) is 5.82 Å². The van der Waals surface area contributed by atoms with Crippen molar-refractivity contribution in [1.82, 2.24) is 9.29 Å². The number of sulfonamides is 1. The van der Waals surface area contributed by atoms with Crippen molar-refractivity contribution in [3.05, 3.63) is 16.7 Å². The fourth-order valence-electron chi connectivity index (χ4n) is 2.55. The number of nitrogen functional groups attached to an aromatic ring is 1. The molecule has 3 N–H and O–H groups in total. The van der Waals surface area contributed by atoms with Gasteiger partial charge in [0.05, 0.1) is 0 Å². The Hall–Kier alpha value is -0.700. The summed E-state index contributed by atoms with van der Waals surface area (Å²) in [6.07, 6.45) is 6.07. The second kappa shape index (κ2) is 6.38. The summed E-state index contributed by atoms with van der Waals surface area (Å²) < 4.78 is 27.2. The Kier molecular flexibility index (Phi) is 5.00. The number of anilines is 1. The molecule has 0 aliphatic heterocycles. The van der Waals surface area contributed by atoms with Crippen molar-refractivity contribution in [1.29, 1.82) is 0 Å². The van der Waals surface area contributed by atoms with Gasteiger partial charge in [0.25, 0.3) is 0 Å². The molecule has 1 aromatic heterocycles. The van der Waals surface area contributed by atoms with Gasteiger partial charge in [-0.05, 0) is 40.8 Å². The summed E-state index contributed by atoms with van der Waals surface area (Å²) in [4.78, 5) is 4.08. The van der Waals surface area contributed by atoms with E-state index >= 15 is 0 Å². The summed E-state index contributed by atoms with van der Waals surface area (Å²) in [6.45, 7) is 0.541. The van der Waals surface area contributed by atoms with Crippen molar-refractivity contribution >= 4 is 31.8 Å². The van der Waals surface area contributed by atoms with Crippen molar-refractivity contribution in [2.45, 2.75) is 30.6 Å². The minimum Gasteiger partial charge on any atom is -0.307 e. The third-order valence-corrected chi connectivity index (χ3v) is 5.90. The van der Waals surface area contributed by atoms with Gasteiger partial charge in [-0.3, -0.25) is 0 Å². The van der Waals surface area contributed by atoms with Gasteiger partial charge < -0.3 is 5.43 Å². The quantitative estimate of drug-likeness (QED) is 0.617. The van der Waals surface area contributed by atoms with Gasteiger partial charge in [0.15, 0.2) is 5.82 Å². The first-order valence-corrected chi connectivity index (χ1v) is 8.77. The van der Waals surface area contributed by atoms with Gasteiger partial charge in [-0.25, -0.2) is 23.5 Å². The fourth-order valence-corrected chi connectivity index (χ4v) is 4.41. The van der Waals surface area contributed by atoms with Crippen molar-refractivity contribution in [3.63, 3.8) is 0 Å². The highest BCUT2D eigenvalue weighted by Crippen LogP contribution is 2.29. The molecule has 1 aliphatic rings. The van der Waals surface area contributed by atoms with Gasteiger partial charge in [0, 0.05) is 24.3 Å². The molecule has 1 aromatic rings. The van der Waals surface area contributed by atoms with Gasteiger partial charge in [-0.2, -0.15) is 0 Å². The van der Waals surface area contributed by atoms with E-state index in [0.29, 0.717) is 16.9 Å². The second-order valence-electron chi connectivity index (χ2n) is 5.08. The van der Waals surface area contributed by atoms with E-state index in [0.717, 1.165) is 12.8 Å². The molecule has 8 heteroatoms. The molecule has 0 spiro atoms. The molecule has 112 valence electrons. The van der Waals surface area contributed by atoms with Gasteiger partial charge in [0.2, 0.25) is 10.0 Å². The molecule has 1 aliphatic carbocycles. The van der Waals surface area contributed by atoms with Gasteiger partial charge in [-0.1, -0.05) is 12.8 Å². The van der Waals surface area contributed by atoms with Crippen LogP contribution in [0.5, 0.6) is 0 Å². The van der Waals surface area contributed by atoms with Gasteiger partial charge in [0.1, 0.15) is 4.90 Å². The standard InChI is InChI=1S/C12H19BrN4O2S/c1-17(8-9-4-2-3-5-9)20(18,19)11-6-10(13)7-15-12(11)16-14/h6-7,9H,2-5,8,14H2,1H3,(H,15,16). The maximum atomic E-state index is 12.6. The highest BCUT2D eigenvalue weighted by atomic mass is 79.9. The number of pyridine rings is 1. The smallest absolute Gasteiger partial charge is 0.246 e. The highest BCUT2D eigenvalue weighted by Gasteiger charge is 2.28. The zero-order chi connectivity index (χ0) is 14.8. The first-order valence-electron chi connectivity index (χ1n) is 6.53. The van der Waals surface area contributed by atoms with Crippen LogP contribution in [-0.4, -0.2) is 31.3 Å². The zero-order valence-corrected chi connectivity index (χ0v) is 13.7. The van der Waals surface area contributed by atoms with Crippen LogP contribution in [0.15, 0.2) is 21.6 Å². The molecule has 1 saturated carbocycles. The van der Waals surface area contributed by atoms with Crippen molar-refractivity contribution in [3.8, 4) is 0 Å². The van der Waals surface area contributed by atoms with E-state index in [4.69, 9.17) is 5.84 Å². The number of nitrogens with one attached hydrogen (secondary N) is 1. The van der Waals surface area contributed by atoms with E-state index in [1.165, 1.54) is 29.4 Å². The van der Waals surface area contributed by atoms with Crippen molar-refractivity contribution in [2.75, 3.05) is 19.0 Å². The van der Waals surface area contributed by atoms with E-state index in [1.807, 2.05) is 0 Å². The summed E-state index contributed by atoms with van der Waals surface area (Å²) in [5.41, 5.74) is 2.34. The third kappa shape index (κ3) is 3.30. The Balaban J connectivity index is 2.26. The topological polar surface area (TPSA) is 88.3 Å². The van der Waals surface area contributed by atoms with Crippen LogP contribution in [-0.2, 0) is 10.0 Å². The Labute approximate surface area is 127 Å². The molecule has 0 saturated heterocycles. The second-order valence-corrected chi connectivity index (χ2v) is 8.01. The van der Waals surface area contributed by atoms with E-state index < -0.39 is 10.0 Å². The number of hydrogen-bond acceptors (Lipinski definition) is 5. The van der Waals surface area contributed by atoms with E-state index in [2.05, 4.69) is 26.3 Å². The molecule has 1 fully saturated rings. The first kappa shape index (κ1) is 15.7. The van der Waals surface area contributed by atoms with E-state index in [-0.39, 0.29) is 10.7 Å².